The van der Waals surface area contributed by atoms with E-state index >= 15 is 0 Å². The predicted molar refractivity (Wildman–Crippen MR) is 140 cm³/mol. The van der Waals surface area contributed by atoms with E-state index in [4.69, 9.17) is 17.2 Å². The van der Waals surface area contributed by atoms with Gasteiger partial charge in [0.25, 0.3) is 0 Å². The van der Waals surface area contributed by atoms with Crippen molar-refractivity contribution in [3.8, 4) is 0 Å². The van der Waals surface area contributed by atoms with E-state index in [1.54, 1.807) is 24.3 Å². The number of amides is 3. The molecule has 1 aromatic carbocycles. The fourth-order valence-electron chi connectivity index (χ4n) is 3.17. The Balaban J connectivity index is 2.96. The topological polar surface area (TPSA) is 215 Å². The van der Waals surface area contributed by atoms with Gasteiger partial charge in [-0.3, -0.25) is 19.4 Å². The molecule has 1 rings (SSSR count). The highest BCUT2D eigenvalue weighted by Gasteiger charge is 2.29. The average Bonchev–Trinajstić information content (AvgIpc) is 2.83. The minimum Gasteiger partial charge on any atom is -0.480 e. The lowest BCUT2D eigenvalue weighted by atomic mass is 10.0. The molecule has 0 aliphatic carbocycles. The van der Waals surface area contributed by atoms with Crippen LogP contribution in [-0.4, -0.2) is 77.5 Å². The van der Waals surface area contributed by atoms with E-state index in [0.717, 1.165) is 5.56 Å². The van der Waals surface area contributed by atoms with Crippen molar-refractivity contribution >= 4 is 41.4 Å². The van der Waals surface area contributed by atoms with Crippen molar-refractivity contribution in [2.75, 3.05) is 18.6 Å². The van der Waals surface area contributed by atoms with Crippen LogP contribution in [0, 0.1) is 0 Å². The van der Waals surface area contributed by atoms with Gasteiger partial charge in [-0.25, -0.2) is 4.79 Å². The number of carboxylic acid groups (broad SMARTS) is 1. The molecule has 0 bridgehead atoms. The molecule has 0 heterocycles. The number of aliphatic carboxylic acids is 1. The van der Waals surface area contributed by atoms with Crippen molar-refractivity contribution < 1.29 is 24.3 Å². The Hall–Kier alpha value is -3.32. The van der Waals surface area contributed by atoms with E-state index in [0.29, 0.717) is 12.2 Å². The summed E-state index contributed by atoms with van der Waals surface area (Å²) in [6, 6.07) is 4.89. The molecule has 0 aliphatic heterocycles. The number of hydrogen-bond acceptors (Lipinski definition) is 7. The third-order valence-corrected chi connectivity index (χ3v) is 5.78. The van der Waals surface area contributed by atoms with Crippen LogP contribution >= 0.6 is 11.8 Å². The molecule has 4 atom stereocenters. The SMILES string of the molecule is CSCCC(NC(=O)C(CCCN=C(N)N)NC(=O)C(C)N)C(=O)NC(Cc1ccccc1)C(=O)O. The normalized spacial score (nSPS) is 14.0. The van der Waals surface area contributed by atoms with Crippen molar-refractivity contribution in [1.29, 1.82) is 0 Å². The molecule has 10 N–H and O–H groups in total. The zero-order valence-corrected chi connectivity index (χ0v) is 21.4. The number of nitrogens with zero attached hydrogens (tertiary/aromatic N) is 1. The van der Waals surface area contributed by atoms with Crippen molar-refractivity contribution in [3.05, 3.63) is 35.9 Å². The first-order chi connectivity index (χ1) is 17.0. The third-order valence-electron chi connectivity index (χ3n) is 5.13. The molecule has 1 aromatic rings. The molecule has 0 radical (unpaired) electrons. The van der Waals surface area contributed by atoms with Crippen LogP contribution in [0.15, 0.2) is 35.3 Å². The predicted octanol–water partition coefficient (Wildman–Crippen LogP) is -1.08. The molecule has 0 spiro atoms. The second kappa shape index (κ2) is 16.4. The summed E-state index contributed by atoms with van der Waals surface area (Å²) in [7, 11) is 0. The zero-order chi connectivity index (χ0) is 27.1. The second-order valence-electron chi connectivity index (χ2n) is 8.23. The van der Waals surface area contributed by atoms with Crippen LogP contribution in [0.1, 0.15) is 31.7 Å². The fraction of sp³-hybridized carbons (Fsp3) is 0.522. The number of benzene rings is 1. The number of carboxylic acids is 1. The lowest BCUT2D eigenvalue weighted by molar-refractivity contribution is -0.142. The van der Waals surface area contributed by atoms with E-state index in [1.165, 1.54) is 18.7 Å². The first kappa shape index (κ1) is 30.7. The van der Waals surface area contributed by atoms with E-state index in [2.05, 4.69) is 20.9 Å². The first-order valence-corrected chi connectivity index (χ1v) is 12.9. The molecule has 0 aliphatic rings. The van der Waals surface area contributed by atoms with Gasteiger partial charge in [-0.15, -0.1) is 0 Å². The summed E-state index contributed by atoms with van der Waals surface area (Å²) in [5, 5.41) is 17.4. The number of nitrogens with two attached hydrogens (primary N) is 3. The third kappa shape index (κ3) is 11.9. The first-order valence-electron chi connectivity index (χ1n) is 11.5. The van der Waals surface area contributed by atoms with E-state index in [-0.39, 0.29) is 31.8 Å². The number of carbonyl (C=O) groups is 4. The quantitative estimate of drug-likeness (QED) is 0.0795. The summed E-state index contributed by atoms with van der Waals surface area (Å²) in [6.07, 6.45) is 2.78. The van der Waals surface area contributed by atoms with Crippen LogP contribution in [0.3, 0.4) is 0 Å². The van der Waals surface area contributed by atoms with Gasteiger partial charge in [0.1, 0.15) is 18.1 Å². The number of hydrogen-bond donors (Lipinski definition) is 7. The Kier molecular flexibility index (Phi) is 14.0. The average molecular weight is 524 g/mol. The summed E-state index contributed by atoms with van der Waals surface area (Å²) >= 11 is 1.47. The summed E-state index contributed by atoms with van der Waals surface area (Å²) < 4.78 is 0. The van der Waals surface area contributed by atoms with Gasteiger partial charge < -0.3 is 38.3 Å². The molecule has 0 saturated carbocycles. The van der Waals surface area contributed by atoms with Gasteiger partial charge >= 0.3 is 5.97 Å². The second-order valence-corrected chi connectivity index (χ2v) is 9.22. The molecule has 12 nitrogen and oxygen atoms in total. The molecule has 200 valence electrons. The highest BCUT2D eigenvalue weighted by molar-refractivity contribution is 7.98. The Morgan fingerprint density at radius 2 is 1.50 bits per heavy atom. The number of nitrogens with one attached hydrogen (secondary N) is 3. The van der Waals surface area contributed by atoms with Crippen LogP contribution in [0.5, 0.6) is 0 Å². The number of thioether (sulfide) groups is 1. The molecule has 4 unspecified atom stereocenters. The lowest BCUT2D eigenvalue weighted by Gasteiger charge is -2.25. The minimum atomic E-state index is -1.19. The van der Waals surface area contributed by atoms with Crippen LogP contribution in [0.4, 0.5) is 0 Å². The van der Waals surface area contributed by atoms with Gasteiger partial charge in [0.05, 0.1) is 6.04 Å². The molecule has 3 amide bonds. The van der Waals surface area contributed by atoms with Crippen molar-refractivity contribution in [1.82, 2.24) is 16.0 Å². The van der Waals surface area contributed by atoms with Crippen LogP contribution in [0.25, 0.3) is 0 Å². The van der Waals surface area contributed by atoms with Crippen LogP contribution in [-0.2, 0) is 25.6 Å². The van der Waals surface area contributed by atoms with Gasteiger partial charge in [0, 0.05) is 13.0 Å². The highest BCUT2D eigenvalue weighted by Crippen LogP contribution is 2.07. The zero-order valence-electron chi connectivity index (χ0n) is 20.6. The number of rotatable bonds is 16. The van der Waals surface area contributed by atoms with E-state index in [9.17, 15) is 24.3 Å². The summed E-state index contributed by atoms with van der Waals surface area (Å²) in [5.74, 6) is -2.49. The molecular weight excluding hydrogens is 486 g/mol. The monoisotopic (exact) mass is 523 g/mol. The van der Waals surface area contributed by atoms with Gasteiger partial charge in [-0.05, 0) is 43.8 Å². The molecular formula is C23H37N7O5S. The number of carbonyl (C=O) groups excluding carboxylic acids is 3. The molecule has 0 aromatic heterocycles. The number of guanidine groups is 1. The van der Waals surface area contributed by atoms with E-state index in [1.807, 2.05) is 12.3 Å². The summed E-state index contributed by atoms with van der Waals surface area (Å²) in [4.78, 5) is 53.9. The summed E-state index contributed by atoms with van der Waals surface area (Å²) in [5.41, 5.74) is 17.0. The maximum Gasteiger partial charge on any atom is 0.326 e. The Morgan fingerprint density at radius 3 is 2.03 bits per heavy atom. The summed E-state index contributed by atoms with van der Waals surface area (Å²) in [6.45, 7) is 1.73. The van der Waals surface area contributed by atoms with Gasteiger partial charge in [0.15, 0.2) is 5.96 Å². The Morgan fingerprint density at radius 1 is 0.944 bits per heavy atom. The van der Waals surface area contributed by atoms with Gasteiger partial charge in [-0.2, -0.15) is 11.8 Å². The van der Waals surface area contributed by atoms with Crippen molar-refractivity contribution in [2.45, 2.75) is 56.8 Å². The lowest BCUT2D eigenvalue weighted by Crippen LogP contribution is -2.57. The standard InChI is InChI=1S/C23H37N7O5S/c1-14(24)19(31)28-16(9-6-11-27-23(25)26)20(32)29-17(10-12-36-2)21(33)30-18(22(34)35)13-15-7-4-3-5-8-15/h3-5,7-8,14,16-18H,6,9-13,24H2,1-2H3,(H,28,31)(H,29,32)(H,30,33)(H,34,35)(H4,25,26,27). The largest absolute Gasteiger partial charge is 0.480 e. The van der Waals surface area contributed by atoms with Crippen LogP contribution < -0.4 is 33.2 Å². The van der Waals surface area contributed by atoms with Crippen LogP contribution in [0.2, 0.25) is 0 Å². The van der Waals surface area contributed by atoms with Crippen molar-refractivity contribution in [2.24, 2.45) is 22.2 Å². The smallest absolute Gasteiger partial charge is 0.326 e. The van der Waals surface area contributed by atoms with E-state index < -0.39 is 47.9 Å². The molecule has 0 saturated heterocycles. The maximum atomic E-state index is 13.1. The molecule has 0 fully saturated rings. The Labute approximate surface area is 215 Å². The molecule has 36 heavy (non-hydrogen) atoms. The molecule has 13 heteroatoms. The van der Waals surface area contributed by atoms with Gasteiger partial charge in [0.2, 0.25) is 17.7 Å². The number of aliphatic imine (C=N–C) groups is 1. The fourth-order valence-corrected chi connectivity index (χ4v) is 3.65. The Bertz CT molecular complexity index is 894. The highest BCUT2D eigenvalue weighted by atomic mass is 32.2. The minimum absolute atomic E-state index is 0.0863. The van der Waals surface area contributed by atoms with Crippen molar-refractivity contribution in [3.63, 3.8) is 0 Å². The van der Waals surface area contributed by atoms with Gasteiger partial charge in [-0.1, -0.05) is 30.3 Å². The maximum absolute atomic E-state index is 13.1.